The maximum absolute atomic E-state index is 11.9. The number of benzene rings is 2. The number of likely N-dealkylation sites (N-methyl/N-ethyl adjacent to an activating group) is 1. The lowest BCUT2D eigenvalue weighted by Gasteiger charge is -2.48. The Morgan fingerprint density at radius 2 is 1.60 bits per heavy atom. The number of hydrogen-bond donors (Lipinski definition) is 3. The van der Waals surface area contributed by atoms with E-state index in [9.17, 15) is 15.5 Å². The van der Waals surface area contributed by atoms with Crippen molar-refractivity contribution in [1.82, 2.24) is 9.80 Å². The summed E-state index contributed by atoms with van der Waals surface area (Å²) in [6.07, 6.45) is 1.98. The van der Waals surface area contributed by atoms with Crippen LogP contribution in [0.5, 0.6) is 34.5 Å². The lowest BCUT2D eigenvalue weighted by Crippen LogP contribution is -2.58. The second kappa shape index (κ2) is 11.4. The summed E-state index contributed by atoms with van der Waals surface area (Å²) in [5.41, 5.74) is 10.1. The van der Waals surface area contributed by atoms with Crippen LogP contribution in [0.25, 0.3) is 0 Å². The molecule has 6 rings (SSSR count). The molecule has 0 radical (unpaired) electrons. The van der Waals surface area contributed by atoms with Gasteiger partial charge in [-0.3, -0.25) is 9.80 Å². The molecule has 4 aliphatic heterocycles. The fourth-order valence-corrected chi connectivity index (χ4v) is 8.00. The highest BCUT2D eigenvalue weighted by atomic mass is 16.5. The van der Waals surface area contributed by atoms with Crippen molar-refractivity contribution in [3.8, 4) is 40.6 Å². The van der Waals surface area contributed by atoms with Gasteiger partial charge in [0, 0.05) is 60.3 Å². The highest BCUT2D eigenvalue weighted by molar-refractivity contribution is 5.67. The van der Waals surface area contributed by atoms with Gasteiger partial charge < -0.3 is 39.6 Å². The highest BCUT2D eigenvalue weighted by Crippen LogP contribution is 2.56. The number of nitriles is 1. The Morgan fingerprint density at radius 3 is 2.20 bits per heavy atom. The van der Waals surface area contributed by atoms with Crippen LogP contribution in [0, 0.1) is 11.3 Å². The van der Waals surface area contributed by atoms with Gasteiger partial charge in [-0.1, -0.05) is 0 Å². The first-order valence-electron chi connectivity index (χ1n) is 15.7. The van der Waals surface area contributed by atoms with Crippen molar-refractivity contribution in [3.63, 3.8) is 0 Å². The van der Waals surface area contributed by atoms with Crippen LogP contribution >= 0.6 is 0 Å². The van der Waals surface area contributed by atoms with Crippen molar-refractivity contribution >= 4 is 0 Å². The molecular weight excluding hydrogens is 576 g/mol. The van der Waals surface area contributed by atoms with Gasteiger partial charge in [-0.15, -0.1) is 0 Å². The third kappa shape index (κ3) is 5.31. The van der Waals surface area contributed by atoms with Gasteiger partial charge in [-0.25, -0.2) is 0 Å². The van der Waals surface area contributed by atoms with Crippen LogP contribution in [0.2, 0.25) is 0 Å². The van der Waals surface area contributed by atoms with E-state index in [4.69, 9.17) is 29.4 Å². The van der Waals surface area contributed by atoms with E-state index in [1.807, 2.05) is 34.7 Å². The second-order valence-corrected chi connectivity index (χ2v) is 14.0. The van der Waals surface area contributed by atoms with Crippen LogP contribution in [0.3, 0.4) is 0 Å². The van der Waals surface area contributed by atoms with Gasteiger partial charge in [0.05, 0.1) is 39.5 Å². The van der Waals surface area contributed by atoms with Gasteiger partial charge in [-0.2, -0.15) is 5.26 Å². The van der Waals surface area contributed by atoms with Crippen LogP contribution < -0.4 is 24.7 Å². The molecular formula is C34H46N4O7. The van der Waals surface area contributed by atoms with Gasteiger partial charge in [0.25, 0.3) is 0 Å². The topological polar surface area (TPSA) is 143 Å². The first kappa shape index (κ1) is 31.5. The normalized spacial score (nSPS) is 24.8. The third-order valence-electron chi connectivity index (χ3n) is 9.84. The molecule has 1 saturated heterocycles. The van der Waals surface area contributed by atoms with Crippen molar-refractivity contribution in [1.29, 1.82) is 5.26 Å². The number of fused-ring (bicyclic) bond motifs is 3. The van der Waals surface area contributed by atoms with E-state index in [1.54, 1.807) is 20.3 Å². The number of nitrogens with two attached hydrogens (primary N) is 1. The number of rotatable bonds is 7. The predicted molar refractivity (Wildman–Crippen MR) is 168 cm³/mol. The molecule has 11 heteroatoms. The summed E-state index contributed by atoms with van der Waals surface area (Å²) in [6, 6.07) is 2.47. The number of ether oxygens (including phenoxy) is 5. The summed E-state index contributed by atoms with van der Waals surface area (Å²) in [5.74, 6) is 2.30. The minimum Gasteiger partial charge on any atom is -0.504 e. The van der Waals surface area contributed by atoms with Gasteiger partial charge >= 0.3 is 0 Å². The zero-order valence-electron chi connectivity index (χ0n) is 27.4. The molecule has 2 aromatic carbocycles. The maximum Gasteiger partial charge on any atom is 0.169 e. The Morgan fingerprint density at radius 1 is 1.00 bits per heavy atom. The van der Waals surface area contributed by atoms with Gasteiger partial charge in [0.2, 0.25) is 0 Å². The molecule has 0 aliphatic carbocycles. The highest BCUT2D eigenvalue weighted by Gasteiger charge is 2.48. The molecule has 45 heavy (non-hydrogen) atoms. The molecule has 0 bridgehead atoms. The largest absolute Gasteiger partial charge is 0.504 e. The quantitative estimate of drug-likeness (QED) is 0.419. The lowest BCUT2D eigenvalue weighted by atomic mass is 9.79. The van der Waals surface area contributed by atoms with Crippen molar-refractivity contribution in [2.45, 2.75) is 88.7 Å². The first-order chi connectivity index (χ1) is 21.3. The van der Waals surface area contributed by atoms with Crippen LogP contribution in [0.4, 0.5) is 0 Å². The molecule has 0 amide bonds. The average molecular weight is 623 g/mol. The molecule has 0 saturated carbocycles. The SMILES string of the molecule is COc1c(C[C@H](N)[C@H]2c3c(O)c4c(c(OC)c3C[C@@H]([C@H](C#N)N3CCOCC3)N2C)CC(C)(C)O4)cc(O)c2c1CC(C)(C)O2. The number of hydrogen-bond acceptors (Lipinski definition) is 11. The molecule has 0 aromatic heterocycles. The summed E-state index contributed by atoms with van der Waals surface area (Å²) in [5, 5.41) is 33.5. The lowest BCUT2D eigenvalue weighted by molar-refractivity contribution is -0.00229. The minimum absolute atomic E-state index is 0.0451. The molecule has 4 heterocycles. The van der Waals surface area contributed by atoms with Crippen LogP contribution in [0.15, 0.2) is 6.07 Å². The van der Waals surface area contributed by atoms with Gasteiger partial charge in [0.1, 0.15) is 28.7 Å². The van der Waals surface area contributed by atoms with Gasteiger partial charge in [-0.05, 0) is 59.2 Å². The zero-order chi connectivity index (χ0) is 32.4. The maximum atomic E-state index is 11.9. The van der Waals surface area contributed by atoms with E-state index in [2.05, 4.69) is 15.9 Å². The predicted octanol–water partition coefficient (Wildman–Crippen LogP) is 3.23. The average Bonchev–Trinajstić information content (AvgIpc) is 3.50. The standard InChI is InChI=1S/C34H46N4O7/c1-33(2)15-20-29(41-6)18(13-25(39)31(20)44-33)12-22(36)27-26-19(30(42-7)21-16-34(3,4)45-32(21)28(26)40)14-23(37(27)5)24(17-35)38-8-10-43-11-9-38/h13,22-24,27,39-40H,8-12,14-16,36H2,1-7H3/t22-,23-,24-,27-/m0/s1. The molecule has 244 valence electrons. The summed E-state index contributed by atoms with van der Waals surface area (Å²) in [6.45, 7) is 10.4. The summed E-state index contributed by atoms with van der Waals surface area (Å²) >= 11 is 0. The zero-order valence-corrected chi connectivity index (χ0v) is 27.4. The summed E-state index contributed by atoms with van der Waals surface area (Å²) < 4.78 is 29.9. The Labute approximate surface area is 265 Å². The number of methoxy groups -OCH3 is 2. The molecule has 1 fully saturated rings. The minimum atomic E-state index is -0.578. The van der Waals surface area contributed by atoms with Gasteiger partial charge in [0.15, 0.2) is 23.0 Å². The number of aromatic hydroxyl groups is 2. The van der Waals surface area contributed by atoms with E-state index >= 15 is 0 Å². The van der Waals surface area contributed by atoms with E-state index in [-0.39, 0.29) is 17.5 Å². The van der Waals surface area contributed by atoms with Crippen LogP contribution in [-0.4, -0.2) is 96.9 Å². The van der Waals surface area contributed by atoms with Crippen molar-refractivity contribution in [3.05, 3.63) is 33.9 Å². The third-order valence-corrected chi connectivity index (χ3v) is 9.84. The first-order valence-corrected chi connectivity index (χ1v) is 15.7. The van der Waals surface area contributed by atoms with Crippen molar-refractivity contribution in [2.75, 3.05) is 47.6 Å². The fourth-order valence-electron chi connectivity index (χ4n) is 8.00. The monoisotopic (exact) mass is 622 g/mol. The van der Waals surface area contributed by atoms with E-state index in [0.717, 1.165) is 22.3 Å². The molecule has 0 unspecified atom stereocenters. The fraction of sp³-hybridized carbons (Fsp3) is 0.618. The van der Waals surface area contributed by atoms with Crippen LogP contribution in [0.1, 0.15) is 61.6 Å². The van der Waals surface area contributed by atoms with Crippen LogP contribution in [-0.2, 0) is 30.4 Å². The Kier molecular flexibility index (Phi) is 8.01. The second-order valence-electron chi connectivity index (χ2n) is 14.0. The molecule has 11 nitrogen and oxygen atoms in total. The summed E-state index contributed by atoms with van der Waals surface area (Å²) in [4.78, 5) is 4.31. The smallest absolute Gasteiger partial charge is 0.169 e. The van der Waals surface area contributed by atoms with Crippen molar-refractivity contribution in [2.24, 2.45) is 5.73 Å². The number of nitrogens with zero attached hydrogens (tertiary/aromatic N) is 3. The molecule has 4 N–H and O–H groups in total. The van der Waals surface area contributed by atoms with E-state index in [0.29, 0.717) is 80.5 Å². The molecule has 2 aromatic rings. The molecule has 0 spiro atoms. The number of phenolic OH excluding ortho intramolecular Hbond substituents is 2. The summed E-state index contributed by atoms with van der Waals surface area (Å²) in [7, 11) is 5.23. The Bertz CT molecular complexity index is 1530. The van der Waals surface area contributed by atoms with Crippen molar-refractivity contribution < 1.29 is 33.9 Å². The number of morpholine rings is 1. The molecule has 4 atom stereocenters. The Balaban J connectivity index is 1.47. The molecule has 4 aliphatic rings. The number of phenols is 2. The van der Waals surface area contributed by atoms with E-state index in [1.165, 1.54) is 0 Å². The Hall–Kier alpha value is -3.43. The van der Waals surface area contributed by atoms with E-state index < -0.39 is 29.3 Å².